The van der Waals surface area contributed by atoms with E-state index in [1.807, 2.05) is 12.1 Å². The fourth-order valence-electron chi connectivity index (χ4n) is 2.08. The Bertz CT molecular complexity index is 393. The summed E-state index contributed by atoms with van der Waals surface area (Å²) >= 11 is 9.52. The lowest BCUT2D eigenvalue weighted by Gasteiger charge is -2.40. The van der Waals surface area contributed by atoms with Gasteiger partial charge in [0.15, 0.2) is 0 Å². The van der Waals surface area contributed by atoms with Gasteiger partial charge in [0.25, 0.3) is 0 Å². The van der Waals surface area contributed by atoms with Gasteiger partial charge < -0.3 is 10.2 Å². The summed E-state index contributed by atoms with van der Waals surface area (Å²) in [7, 11) is 0. The number of piperazine rings is 1. The fourth-order valence-corrected chi connectivity index (χ4v) is 3.02. The van der Waals surface area contributed by atoms with Crippen molar-refractivity contribution in [2.45, 2.75) is 19.4 Å². The number of benzene rings is 1. The third kappa shape index (κ3) is 2.70. The zero-order valence-corrected chi connectivity index (χ0v) is 11.9. The van der Waals surface area contributed by atoms with Crippen LogP contribution < -0.4 is 10.2 Å². The molecule has 16 heavy (non-hydrogen) atoms. The van der Waals surface area contributed by atoms with Crippen molar-refractivity contribution in [3.05, 3.63) is 27.7 Å². The van der Waals surface area contributed by atoms with E-state index >= 15 is 0 Å². The maximum atomic E-state index is 5.95. The Labute approximate surface area is 110 Å². The molecule has 0 radical (unpaired) electrons. The minimum atomic E-state index is 0.164. The molecule has 0 aliphatic carbocycles. The summed E-state index contributed by atoms with van der Waals surface area (Å²) in [6, 6.07) is 5.97. The van der Waals surface area contributed by atoms with Crippen molar-refractivity contribution in [2.24, 2.45) is 0 Å². The highest BCUT2D eigenvalue weighted by Gasteiger charge is 2.26. The van der Waals surface area contributed by atoms with E-state index in [0.29, 0.717) is 0 Å². The molecule has 0 unspecified atom stereocenters. The zero-order chi connectivity index (χ0) is 11.8. The van der Waals surface area contributed by atoms with Crippen molar-refractivity contribution in [1.29, 1.82) is 0 Å². The first-order chi connectivity index (χ1) is 7.48. The van der Waals surface area contributed by atoms with Crippen molar-refractivity contribution >= 4 is 33.2 Å². The van der Waals surface area contributed by atoms with Crippen LogP contribution in [0.4, 0.5) is 5.69 Å². The van der Waals surface area contributed by atoms with E-state index in [9.17, 15) is 0 Å². The van der Waals surface area contributed by atoms with Gasteiger partial charge in [0.1, 0.15) is 0 Å². The monoisotopic (exact) mass is 302 g/mol. The van der Waals surface area contributed by atoms with Gasteiger partial charge in [0, 0.05) is 34.7 Å². The molecule has 88 valence electrons. The van der Waals surface area contributed by atoms with Gasteiger partial charge >= 0.3 is 0 Å². The zero-order valence-electron chi connectivity index (χ0n) is 9.56. The molecule has 4 heteroatoms. The van der Waals surface area contributed by atoms with E-state index in [0.717, 1.165) is 29.1 Å². The Morgan fingerprint density at radius 1 is 1.44 bits per heavy atom. The van der Waals surface area contributed by atoms with Crippen LogP contribution in [-0.2, 0) is 0 Å². The molecule has 0 atom stereocenters. The van der Waals surface area contributed by atoms with Gasteiger partial charge in [0.05, 0.1) is 5.69 Å². The number of anilines is 1. The Balaban J connectivity index is 2.23. The van der Waals surface area contributed by atoms with Crippen LogP contribution in [-0.4, -0.2) is 25.2 Å². The molecule has 1 aromatic rings. The quantitative estimate of drug-likeness (QED) is 0.856. The molecule has 0 amide bonds. The predicted octanol–water partition coefficient (Wildman–Crippen LogP) is 3.29. The Morgan fingerprint density at radius 2 is 2.19 bits per heavy atom. The van der Waals surface area contributed by atoms with Crippen molar-refractivity contribution < 1.29 is 0 Å². The first kappa shape index (κ1) is 12.2. The predicted molar refractivity (Wildman–Crippen MR) is 73.4 cm³/mol. The largest absolute Gasteiger partial charge is 0.368 e. The van der Waals surface area contributed by atoms with Gasteiger partial charge in [0.2, 0.25) is 0 Å². The van der Waals surface area contributed by atoms with Gasteiger partial charge in [-0.3, -0.25) is 0 Å². The van der Waals surface area contributed by atoms with Gasteiger partial charge in [-0.2, -0.15) is 0 Å². The highest BCUT2D eigenvalue weighted by molar-refractivity contribution is 9.10. The fraction of sp³-hybridized carbons (Fsp3) is 0.500. The minimum absolute atomic E-state index is 0.164. The highest BCUT2D eigenvalue weighted by atomic mass is 79.9. The lowest BCUT2D eigenvalue weighted by Crippen LogP contribution is -2.57. The second kappa shape index (κ2) is 4.55. The molecule has 0 bridgehead atoms. The molecule has 0 saturated carbocycles. The summed E-state index contributed by atoms with van der Waals surface area (Å²) in [5, 5.41) is 4.27. The van der Waals surface area contributed by atoms with Gasteiger partial charge in [-0.1, -0.05) is 11.6 Å². The molecule has 0 aromatic heterocycles. The normalized spacial score (nSPS) is 19.9. The van der Waals surface area contributed by atoms with E-state index < -0.39 is 0 Å². The summed E-state index contributed by atoms with van der Waals surface area (Å²) in [6.07, 6.45) is 0. The standard InChI is InChI=1S/C12H16BrClN2/c1-12(2)8-16(6-5-15-12)11-4-3-9(14)7-10(11)13/h3-4,7,15H,5-6,8H2,1-2H3. The summed E-state index contributed by atoms with van der Waals surface area (Å²) < 4.78 is 1.07. The SMILES string of the molecule is CC1(C)CN(c2ccc(Cl)cc2Br)CCN1. The van der Waals surface area contributed by atoms with E-state index in [1.54, 1.807) is 0 Å². The summed E-state index contributed by atoms with van der Waals surface area (Å²) in [5.74, 6) is 0. The van der Waals surface area contributed by atoms with Crippen molar-refractivity contribution in [3.8, 4) is 0 Å². The van der Waals surface area contributed by atoms with Crippen LogP contribution >= 0.6 is 27.5 Å². The van der Waals surface area contributed by atoms with Crippen LogP contribution in [0.2, 0.25) is 5.02 Å². The third-order valence-electron chi connectivity index (χ3n) is 2.82. The number of hydrogen-bond donors (Lipinski definition) is 1. The van der Waals surface area contributed by atoms with Crippen LogP contribution in [0, 0.1) is 0 Å². The van der Waals surface area contributed by atoms with Crippen LogP contribution in [0.15, 0.2) is 22.7 Å². The summed E-state index contributed by atoms with van der Waals surface area (Å²) in [4.78, 5) is 2.39. The number of nitrogens with zero attached hydrogens (tertiary/aromatic N) is 1. The van der Waals surface area contributed by atoms with E-state index in [2.05, 4.69) is 46.1 Å². The Kier molecular flexibility index (Phi) is 3.48. The smallest absolute Gasteiger partial charge is 0.0512 e. The molecular formula is C12H16BrClN2. The van der Waals surface area contributed by atoms with Crippen LogP contribution in [0.5, 0.6) is 0 Å². The lowest BCUT2D eigenvalue weighted by atomic mass is 10.0. The van der Waals surface area contributed by atoms with Gasteiger partial charge in [-0.25, -0.2) is 0 Å². The molecule has 2 rings (SSSR count). The third-order valence-corrected chi connectivity index (χ3v) is 3.69. The van der Waals surface area contributed by atoms with E-state index in [4.69, 9.17) is 11.6 Å². The second-order valence-corrected chi connectivity index (χ2v) is 6.12. The van der Waals surface area contributed by atoms with Crippen molar-refractivity contribution in [2.75, 3.05) is 24.5 Å². The second-order valence-electron chi connectivity index (χ2n) is 4.83. The first-order valence-electron chi connectivity index (χ1n) is 5.43. The minimum Gasteiger partial charge on any atom is -0.368 e. The van der Waals surface area contributed by atoms with Crippen LogP contribution in [0.1, 0.15) is 13.8 Å². The molecule has 1 aliphatic heterocycles. The number of halogens is 2. The molecule has 1 aromatic carbocycles. The average molecular weight is 304 g/mol. The number of nitrogens with one attached hydrogen (secondary N) is 1. The Hall–Kier alpha value is -0.250. The van der Waals surface area contributed by atoms with Gasteiger partial charge in [-0.05, 0) is 48.0 Å². The molecular weight excluding hydrogens is 288 g/mol. The molecule has 1 aliphatic rings. The van der Waals surface area contributed by atoms with Crippen molar-refractivity contribution in [1.82, 2.24) is 5.32 Å². The molecule has 2 nitrogen and oxygen atoms in total. The highest BCUT2D eigenvalue weighted by Crippen LogP contribution is 2.30. The Morgan fingerprint density at radius 3 is 2.81 bits per heavy atom. The molecule has 1 fully saturated rings. The average Bonchev–Trinajstić information content (AvgIpc) is 2.15. The molecule has 0 spiro atoms. The molecule has 1 heterocycles. The van der Waals surface area contributed by atoms with E-state index in [1.165, 1.54) is 5.69 Å². The maximum Gasteiger partial charge on any atom is 0.0512 e. The summed E-state index contributed by atoms with van der Waals surface area (Å²) in [5.41, 5.74) is 1.39. The van der Waals surface area contributed by atoms with Crippen molar-refractivity contribution in [3.63, 3.8) is 0 Å². The van der Waals surface area contributed by atoms with E-state index in [-0.39, 0.29) is 5.54 Å². The van der Waals surface area contributed by atoms with Crippen LogP contribution in [0.25, 0.3) is 0 Å². The first-order valence-corrected chi connectivity index (χ1v) is 6.60. The lowest BCUT2D eigenvalue weighted by molar-refractivity contribution is 0.353. The number of hydrogen-bond acceptors (Lipinski definition) is 2. The number of rotatable bonds is 1. The molecule has 1 saturated heterocycles. The topological polar surface area (TPSA) is 15.3 Å². The maximum absolute atomic E-state index is 5.95. The molecule has 1 N–H and O–H groups in total. The van der Waals surface area contributed by atoms with Gasteiger partial charge in [-0.15, -0.1) is 0 Å². The summed E-state index contributed by atoms with van der Waals surface area (Å²) in [6.45, 7) is 7.50. The van der Waals surface area contributed by atoms with Crippen LogP contribution in [0.3, 0.4) is 0 Å².